The molecule has 2 unspecified atom stereocenters. The maximum absolute atomic E-state index is 6.02. The minimum atomic E-state index is 0.154. The van der Waals surface area contributed by atoms with Gasteiger partial charge in [0.1, 0.15) is 5.82 Å². The second kappa shape index (κ2) is 8.93. The van der Waals surface area contributed by atoms with Gasteiger partial charge in [-0.25, -0.2) is 4.98 Å². The number of anilines is 2. The van der Waals surface area contributed by atoms with Gasteiger partial charge in [0.05, 0.1) is 25.4 Å². The second-order valence-corrected chi connectivity index (χ2v) is 8.80. The number of nitrogens with zero attached hydrogens (tertiary/aromatic N) is 3. The van der Waals surface area contributed by atoms with Crippen LogP contribution in [0, 0.1) is 11.3 Å². The SMILES string of the molecule is CC(C)C1OCCCC1Nc1ccnc(N2CCOCC3(CCOCC3)C2)n1. The Morgan fingerprint density at radius 2 is 2.04 bits per heavy atom. The summed E-state index contributed by atoms with van der Waals surface area (Å²) in [5, 5.41) is 3.62. The Balaban J connectivity index is 1.48. The molecule has 7 heteroatoms. The van der Waals surface area contributed by atoms with Crippen molar-refractivity contribution in [3.8, 4) is 0 Å². The third-order valence-electron chi connectivity index (χ3n) is 6.28. The molecule has 3 aliphatic heterocycles. The number of aromatic nitrogens is 2. The molecule has 2 atom stereocenters. The molecule has 0 aliphatic carbocycles. The normalized spacial score (nSPS) is 28.3. The summed E-state index contributed by atoms with van der Waals surface area (Å²) >= 11 is 0. The van der Waals surface area contributed by atoms with Gasteiger partial charge in [-0.05, 0) is 37.7 Å². The first-order chi connectivity index (χ1) is 13.7. The fourth-order valence-electron chi connectivity index (χ4n) is 4.66. The van der Waals surface area contributed by atoms with Crippen LogP contribution >= 0.6 is 0 Å². The topological polar surface area (TPSA) is 68.7 Å². The van der Waals surface area contributed by atoms with Gasteiger partial charge in [0.15, 0.2) is 0 Å². The lowest BCUT2D eigenvalue weighted by Crippen LogP contribution is -2.44. The van der Waals surface area contributed by atoms with E-state index in [-0.39, 0.29) is 11.5 Å². The molecule has 7 nitrogen and oxygen atoms in total. The Morgan fingerprint density at radius 1 is 1.18 bits per heavy atom. The van der Waals surface area contributed by atoms with Crippen LogP contribution in [0.1, 0.15) is 39.5 Å². The average Bonchev–Trinajstić information content (AvgIpc) is 2.92. The largest absolute Gasteiger partial charge is 0.381 e. The summed E-state index contributed by atoms with van der Waals surface area (Å²) in [5.41, 5.74) is 0.154. The molecule has 1 spiro atoms. The number of nitrogens with one attached hydrogen (secondary N) is 1. The van der Waals surface area contributed by atoms with Gasteiger partial charge in [-0.2, -0.15) is 4.98 Å². The van der Waals surface area contributed by atoms with Crippen LogP contribution in [-0.2, 0) is 14.2 Å². The monoisotopic (exact) mass is 390 g/mol. The first-order valence-corrected chi connectivity index (χ1v) is 10.8. The van der Waals surface area contributed by atoms with Gasteiger partial charge >= 0.3 is 0 Å². The average molecular weight is 391 g/mol. The molecular formula is C21H34N4O3. The Hall–Kier alpha value is -1.44. The highest BCUT2D eigenvalue weighted by Crippen LogP contribution is 2.34. The molecule has 0 aromatic carbocycles. The summed E-state index contributed by atoms with van der Waals surface area (Å²) < 4.78 is 17.5. The molecule has 1 N–H and O–H groups in total. The zero-order valence-corrected chi connectivity index (χ0v) is 17.2. The minimum Gasteiger partial charge on any atom is -0.381 e. The third-order valence-corrected chi connectivity index (χ3v) is 6.28. The van der Waals surface area contributed by atoms with Crippen LogP contribution in [0.4, 0.5) is 11.8 Å². The maximum atomic E-state index is 6.02. The van der Waals surface area contributed by atoms with Gasteiger partial charge in [-0.1, -0.05) is 13.8 Å². The lowest BCUT2D eigenvalue weighted by Gasteiger charge is -2.38. The standard InChI is InChI=1S/C21H34N4O3/c1-16(2)19-17(4-3-10-28-19)23-18-5-8-22-20(24-18)25-9-13-27-15-21(14-25)6-11-26-12-7-21/h5,8,16-17,19H,3-4,6-7,9-15H2,1-2H3,(H,22,23,24). The Kier molecular flexibility index (Phi) is 6.33. The van der Waals surface area contributed by atoms with Crippen LogP contribution in [0.3, 0.4) is 0 Å². The Labute approximate surface area is 168 Å². The molecule has 0 radical (unpaired) electrons. The highest BCUT2D eigenvalue weighted by atomic mass is 16.5. The number of ether oxygens (including phenoxy) is 3. The summed E-state index contributed by atoms with van der Waals surface area (Å²) in [6.45, 7) is 10.2. The van der Waals surface area contributed by atoms with Crippen molar-refractivity contribution in [2.45, 2.75) is 51.7 Å². The third kappa shape index (κ3) is 4.58. The van der Waals surface area contributed by atoms with E-state index in [1.54, 1.807) is 0 Å². The van der Waals surface area contributed by atoms with Crippen molar-refractivity contribution in [1.29, 1.82) is 0 Å². The van der Waals surface area contributed by atoms with Crippen molar-refractivity contribution in [3.05, 3.63) is 12.3 Å². The lowest BCUT2D eigenvalue weighted by atomic mass is 9.80. The molecule has 28 heavy (non-hydrogen) atoms. The molecule has 0 bridgehead atoms. The van der Waals surface area contributed by atoms with E-state index in [2.05, 4.69) is 29.0 Å². The predicted molar refractivity (Wildman–Crippen MR) is 109 cm³/mol. The van der Waals surface area contributed by atoms with Gasteiger partial charge in [-0.15, -0.1) is 0 Å². The van der Waals surface area contributed by atoms with Crippen LogP contribution in [0.25, 0.3) is 0 Å². The first kappa shape index (κ1) is 19.9. The number of rotatable bonds is 4. The van der Waals surface area contributed by atoms with Crippen LogP contribution < -0.4 is 10.2 Å². The minimum absolute atomic E-state index is 0.154. The highest BCUT2D eigenvalue weighted by molar-refractivity contribution is 5.42. The van der Waals surface area contributed by atoms with Crippen molar-refractivity contribution in [2.24, 2.45) is 11.3 Å². The smallest absolute Gasteiger partial charge is 0.227 e. The van der Waals surface area contributed by atoms with Gasteiger partial charge in [0.25, 0.3) is 0 Å². The summed E-state index contributed by atoms with van der Waals surface area (Å²) in [6, 6.07) is 2.26. The zero-order valence-electron chi connectivity index (χ0n) is 17.2. The second-order valence-electron chi connectivity index (χ2n) is 8.80. The van der Waals surface area contributed by atoms with E-state index in [1.807, 2.05) is 12.3 Å². The molecule has 4 rings (SSSR count). The van der Waals surface area contributed by atoms with Crippen LogP contribution in [0.15, 0.2) is 12.3 Å². The van der Waals surface area contributed by atoms with Crippen LogP contribution in [-0.4, -0.2) is 68.2 Å². The molecule has 156 valence electrons. The summed E-state index contributed by atoms with van der Waals surface area (Å²) in [6.07, 6.45) is 6.37. The number of hydrogen-bond acceptors (Lipinski definition) is 7. The van der Waals surface area contributed by atoms with Gasteiger partial charge in [-0.3, -0.25) is 0 Å². The van der Waals surface area contributed by atoms with E-state index < -0.39 is 0 Å². The fourth-order valence-corrected chi connectivity index (χ4v) is 4.66. The fraction of sp³-hybridized carbons (Fsp3) is 0.810. The quantitative estimate of drug-likeness (QED) is 0.848. The number of hydrogen-bond donors (Lipinski definition) is 1. The predicted octanol–water partition coefficient (Wildman–Crippen LogP) is 2.73. The lowest BCUT2D eigenvalue weighted by molar-refractivity contribution is -0.0241. The van der Waals surface area contributed by atoms with E-state index in [0.29, 0.717) is 12.0 Å². The van der Waals surface area contributed by atoms with Crippen molar-refractivity contribution in [1.82, 2.24) is 9.97 Å². The zero-order chi connectivity index (χ0) is 19.4. The molecule has 3 aliphatic rings. The Bertz CT molecular complexity index is 636. The van der Waals surface area contributed by atoms with Gasteiger partial charge in [0, 0.05) is 44.5 Å². The molecule has 4 heterocycles. The Morgan fingerprint density at radius 3 is 2.86 bits per heavy atom. The van der Waals surface area contributed by atoms with Crippen LogP contribution in [0.5, 0.6) is 0 Å². The van der Waals surface area contributed by atoms with Gasteiger partial charge in [0.2, 0.25) is 5.95 Å². The summed E-state index contributed by atoms with van der Waals surface area (Å²) in [5.74, 6) is 2.16. The molecule has 1 aromatic rings. The van der Waals surface area contributed by atoms with E-state index in [4.69, 9.17) is 19.2 Å². The summed E-state index contributed by atoms with van der Waals surface area (Å²) in [4.78, 5) is 11.7. The van der Waals surface area contributed by atoms with Crippen molar-refractivity contribution in [2.75, 3.05) is 56.3 Å². The molecule has 3 fully saturated rings. The molecule has 0 saturated carbocycles. The van der Waals surface area contributed by atoms with E-state index >= 15 is 0 Å². The van der Waals surface area contributed by atoms with E-state index in [9.17, 15) is 0 Å². The van der Waals surface area contributed by atoms with E-state index in [0.717, 1.165) is 83.6 Å². The summed E-state index contributed by atoms with van der Waals surface area (Å²) in [7, 11) is 0. The van der Waals surface area contributed by atoms with Crippen LogP contribution in [0.2, 0.25) is 0 Å². The van der Waals surface area contributed by atoms with Crippen molar-refractivity contribution < 1.29 is 14.2 Å². The first-order valence-electron chi connectivity index (χ1n) is 10.8. The molecular weight excluding hydrogens is 356 g/mol. The van der Waals surface area contributed by atoms with Crippen molar-refractivity contribution in [3.63, 3.8) is 0 Å². The highest BCUT2D eigenvalue weighted by Gasteiger charge is 2.37. The van der Waals surface area contributed by atoms with Gasteiger partial charge < -0.3 is 24.4 Å². The molecule has 1 aromatic heterocycles. The maximum Gasteiger partial charge on any atom is 0.227 e. The van der Waals surface area contributed by atoms with Crippen molar-refractivity contribution >= 4 is 11.8 Å². The van der Waals surface area contributed by atoms with E-state index in [1.165, 1.54) is 0 Å². The molecule has 0 amide bonds. The molecule has 3 saturated heterocycles.